The first-order valence-electron chi connectivity index (χ1n) is 9.73. The highest BCUT2D eigenvalue weighted by atomic mass is 19.1. The maximum Gasteiger partial charge on any atom is 0.279 e. The second kappa shape index (κ2) is 9.46. The highest BCUT2D eigenvalue weighted by Gasteiger charge is 2.26. The molecule has 0 radical (unpaired) electrons. The number of halogens is 1. The monoisotopic (exact) mass is 384 g/mol. The number of hydrogen-bond acceptors (Lipinski definition) is 2. The Morgan fingerprint density at radius 2 is 1.71 bits per heavy atom. The van der Waals surface area contributed by atoms with Crippen LogP contribution in [0.15, 0.2) is 54.6 Å². The molecule has 0 bridgehead atoms. The van der Waals surface area contributed by atoms with Crippen molar-refractivity contribution < 1.29 is 18.9 Å². The van der Waals surface area contributed by atoms with E-state index < -0.39 is 0 Å². The van der Waals surface area contributed by atoms with Crippen molar-refractivity contribution >= 4 is 17.5 Å². The summed E-state index contributed by atoms with van der Waals surface area (Å²) in [7, 11) is 0. The fourth-order valence-electron chi connectivity index (χ4n) is 3.51. The van der Waals surface area contributed by atoms with Gasteiger partial charge in [-0.3, -0.25) is 9.59 Å². The minimum Gasteiger partial charge on any atom is -0.331 e. The molecular weight excluding hydrogens is 357 g/mol. The van der Waals surface area contributed by atoms with E-state index in [4.69, 9.17) is 0 Å². The summed E-state index contributed by atoms with van der Waals surface area (Å²) in [5.74, 6) is -0.0585. The number of amides is 2. The fraction of sp³-hybridized carbons (Fsp3) is 0.364. The van der Waals surface area contributed by atoms with Crippen LogP contribution in [0.4, 0.5) is 10.1 Å². The number of hydrogen-bond donors (Lipinski definition) is 2. The van der Waals surface area contributed by atoms with E-state index in [0.717, 1.165) is 18.0 Å². The molecule has 0 unspecified atom stereocenters. The van der Waals surface area contributed by atoms with Gasteiger partial charge in [0.2, 0.25) is 5.91 Å². The van der Waals surface area contributed by atoms with Gasteiger partial charge in [0.15, 0.2) is 6.54 Å². The van der Waals surface area contributed by atoms with Crippen molar-refractivity contribution in [3.63, 3.8) is 0 Å². The van der Waals surface area contributed by atoms with E-state index >= 15 is 0 Å². The van der Waals surface area contributed by atoms with Gasteiger partial charge in [-0.15, -0.1) is 0 Å². The molecule has 3 rings (SSSR count). The first-order valence-corrected chi connectivity index (χ1v) is 9.73. The maximum absolute atomic E-state index is 12.9. The molecule has 0 aliphatic carbocycles. The Labute approximate surface area is 165 Å². The fourth-order valence-corrected chi connectivity index (χ4v) is 3.51. The molecule has 1 aliphatic heterocycles. The minimum atomic E-state index is -0.328. The topological polar surface area (TPSA) is 53.9 Å². The first kappa shape index (κ1) is 20.0. The van der Waals surface area contributed by atoms with Crippen LogP contribution in [0, 0.1) is 5.82 Å². The molecule has 1 saturated heterocycles. The Balaban J connectivity index is 1.41. The summed E-state index contributed by atoms with van der Waals surface area (Å²) in [5.41, 5.74) is 1.77. The van der Waals surface area contributed by atoms with E-state index in [1.165, 1.54) is 17.7 Å². The van der Waals surface area contributed by atoms with Crippen molar-refractivity contribution in [3.8, 4) is 0 Å². The third-order valence-electron chi connectivity index (χ3n) is 5.21. The highest BCUT2D eigenvalue weighted by molar-refractivity contribution is 5.91. The second-order valence-corrected chi connectivity index (χ2v) is 7.38. The lowest BCUT2D eigenvalue weighted by Crippen LogP contribution is -3.15. The van der Waals surface area contributed by atoms with Crippen LogP contribution < -0.4 is 10.2 Å². The Hall–Kier alpha value is -2.73. The standard InChI is InChI=1S/C22H26FN3O2/c1-17(18-5-3-2-4-6-18)15-22(28)26-13-11-25(12-14-26)16-21(27)24-20-9-7-19(23)8-10-20/h2-10,17H,11-16H2,1H3,(H,24,27)/p+1/t17-/m0/s1. The van der Waals surface area contributed by atoms with Crippen LogP contribution in [0.2, 0.25) is 0 Å². The lowest BCUT2D eigenvalue weighted by molar-refractivity contribution is -0.895. The normalized spacial score (nSPS) is 15.9. The number of anilines is 1. The molecule has 1 heterocycles. The zero-order valence-corrected chi connectivity index (χ0v) is 16.2. The van der Waals surface area contributed by atoms with Gasteiger partial charge in [0, 0.05) is 12.1 Å². The third-order valence-corrected chi connectivity index (χ3v) is 5.21. The molecule has 2 amide bonds. The van der Waals surface area contributed by atoms with Gasteiger partial charge < -0.3 is 15.1 Å². The molecule has 0 saturated carbocycles. The largest absolute Gasteiger partial charge is 0.331 e. The maximum atomic E-state index is 12.9. The van der Waals surface area contributed by atoms with Gasteiger partial charge in [0.1, 0.15) is 5.82 Å². The van der Waals surface area contributed by atoms with E-state index in [9.17, 15) is 14.0 Å². The van der Waals surface area contributed by atoms with Crippen molar-refractivity contribution in [2.45, 2.75) is 19.3 Å². The predicted octanol–water partition coefficient (Wildman–Crippen LogP) is 1.69. The molecule has 0 aromatic heterocycles. The molecular formula is C22H27FN3O2+. The zero-order valence-electron chi connectivity index (χ0n) is 16.2. The average molecular weight is 384 g/mol. The molecule has 1 aliphatic rings. The average Bonchev–Trinajstić information content (AvgIpc) is 2.71. The van der Waals surface area contributed by atoms with Crippen molar-refractivity contribution in [2.24, 2.45) is 0 Å². The summed E-state index contributed by atoms with van der Waals surface area (Å²) >= 11 is 0. The third kappa shape index (κ3) is 5.63. The van der Waals surface area contributed by atoms with Gasteiger partial charge in [-0.2, -0.15) is 0 Å². The molecule has 2 N–H and O–H groups in total. The molecule has 148 valence electrons. The summed E-state index contributed by atoms with van der Waals surface area (Å²) in [4.78, 5) is 27.8. The van der Waals surface area contributed by atoms with Crippen molar-refractivity contribution in [1.29, 1.82) is 0 Å². The Morgan fingerprint density at radius 3 is 2.36 bits per heavy atom. The van der Waals surface area contributed by atoms with Crippen LogP contribution in [0.1, 0.15) is 24.8 Å². The van der Waals surface area contributed by atoms with Gasteiger partial charge in [0.25, 0.3) is 5.91 Å². The van der Waals surface area contributed by atoms with Gasteiger partial charge in [-0.1, -0.05) is 37.3 Å². The Bertz CT molecular complexity index is 787. The highest BCUT2D eigenvalue weighted by Crippen LogP contribution is 2.19. The van der Waals surface area contributed by atoms with Crippen LogP contribution in [0.5, 0.6) is 0 Å². The van der Waals surface area contributed by atoms with E-state index in [0.29, 0.717) is 31.7 Å². The molecule has 6 heteroatoms. The smallest absolute Gasteiger partial charge is 0.279 e. The minimum absolute atomic E-state index is 0.0981. The molecule has 5 nitrogen and oxygen atoms in total. The number of carbonyl (C=O) groups is 2. The number of rotatable bonds is 6. The molecule has 28 heavy (non-hydrogen) atoms. The summed E-state index contributed by atoms with van der Waals surface area (Å²) in [6.07, 6.45) is 0.504. The summed E-state index contributed by atoms with van der Waals surface area (Å²) in [6.45, 7) is 5.26. The van der Waals surface area contributed by atoms with Gasteiger partial charge in [-0.25, -0.2) is 4.39 Å². The van der Waals surface area contributed by atoms with Crippen LogP contribution >= 0.6 is 0 Å². The quantitative estimate of drug-likeness (QED) is 0.796. The number of nitrogens with zero attached hydrogens (tertiary/aromatic N) is 1. The van der Waals surface area contributed by atoms with Gasteiger partial charge in [0.05, 0.1) is 26.2 Å². The molecule has 2 aromatic carbocycles. The van der Waals surface area contributed by atoms with E-state index in [-0.39, 0.29) is 23.5 Å². The number of quaternary nitrogens is 1. The summed E-state index contributed by atoms with van der Waals surface area (Å²) in [5, 5.41) is 2.79. The first-order chi connectivity index (χ1) is 13.5. The van der Waals surface area contributed by atoms with Crippen molar-refractivity contribution in [2.75, 3.05) is 38.0 Å². The van der Waals surface area contributed by atoms with Crippen LogP contribution in [-0.2, 0) is 9.59 Å². The SMILES string of the molecule is C[C@@H](CC(=O)N1CC[NH+](CC(=O)Nc2ccc(F)cc2)CC1)c1ccccc1. The van der Waals surface area contributed by atoms with Crippen LogP contribution in [0.3, 0.4) is 0 Å². The summed E-state index contributed by atoms with van der Waals surface area (Å²) < 4.78 is 12.9. The van der Waals surface area contributed by atoms with E-state index in [1.54, 1.807) is 12.1 Å². The number of piperazine rings is 1. The lowest BCUT2D eigenvalue weighted by Gasteiger charge is -2.32. The number of benzene rings is 2. The van der Waals surface area contributed by atoms with Crippen molar-refractivity contribution in [3.05, 3.63) is 66.0 Å². The Morgan fingerprint density at radius 1 is 1.07 bits per heavy atom. The van der Waals surface area contributed by atoms with Crippen molar-refractivity contribution in [1.82, 2.24) is 4.90 Å². The molecule has 1 fully saturated rings. The van der Waals surface area contributed by atoms with Crippen LogP contribution in [0.25, 0.3) is 0 Å². The summed E-state index contributed by atoms with van der Waals surface area (Å²) in [6, 6.07) is 15.8. The molecule has 2 aromatic rings. The molecule has 1 atom stereocenters. The zero-order chi connectivity index (χ0) is 19.9. The van der Waals surface area contributed by atoms with Gasteiger partial charge >= 0.3 is 0 Å². The van der Waals surface area contributed by atoms with E-state index in [2.05, 4.69) is 24.4 Å². The number of nitrogens with one attached hydrogen (secondary N) is 2. The lowest BCUT2D eigenvalue weighted by atomic mass is 9.97. The van der Waals surface area contributed by atoms with E-state index in [1.807, 2.05) is 23.1 Å². The molecule has 0 spiro atoms. The van der Waals surface area contributed by atoms with Crippen LogP contribution in [-0.4, -0.2) is 49.4 Å². The van der Waals surface area contributed by atoms with Gasteiger partial charge in [-0.05, 0) is 35.7 Å². The number of carbonyl (C=O) groups excluding carboxylic acids is 2. The second-order valence-electron chi connectivity index (χ2n) is 7.38. The predicted molar refractivity (Wildman–Crippen MR) is 107 cm³/mol. The Kier molecular flexibility index (Phi) is 6.76.